The predicted octanol–water partition coefficient (Wildman–Crippen LogP) is 5.06. The number of likely N-dealkylation sites (tertiary alicyclic amines) is 1. The topological polar surface area (TPSA) is 110 Å². The van der Waals surface area contributed by atoms with Crippen LogP contribution in [0, 0.1) is 24.2 Å². The van der Waals surface area contributed by atoms with Gasteiger partial charge in [0.15, 0.2) is 0 Å². The first-order valence-electron chi connectivity index (χ1n) is 17.0. The molecule has 1 N–H and O–H groups in total. The molecule has 2 saturated heterocycles. The average molecular weight is 687 g/mol. The van der Waals surface area contributed by atoms with E-state index in [0.717, 1.165) is 80.6 Å². The highest BCUT2D eigenvalue weighted by atomic mass is 32.2. The Morgan fingerprint density at radius 1 is 1.04 bits per heavy atom. The Balaban J connectivity index is 1.04. The Bertz CT molecular complexity index is 1750. The molecule has 0 saturated carbocycles. The lowest BCUT2D eigenvalue weighted by Gasteiger charge is -2.34. The number of nitrogens with one attached hydrogen (secondary N) is 1. The van der Waals surface area contributed by atoms with Gasteiger partial charge in [0.1, 0.15) is 23.9 Å². The summed E-state index contributed by atoms with van der Waals surface area (Å²) in [5.41, 5.74) is 5.75. The fourth-order valence-electron chi connectivity index (χ4n) is 7.59. The number of alkyl halides is 3. The highest BCUT2D eigenvalue weighted by molar-refractivity contribution is 7.89. The van der Waals surface area contributed by atoms with Crippen LogP contribution >= 0.6 is 0 Å². The van der Waals surface area contributed by atoms with Crippen molar-refractivity contribution >= 4 is 26.7 Å². The number of sulfonamides is 1. The molecule has 0 radical (unpaired) electrons. The van der Waals surface area contributed by atoms with E-state index in [1.54, 1.807) is 11.2 Å². The molecular formula is C34H45F3N8O2S. The van der Waals surface area contributed by atoms with E-state index in [9.17, 15) is 26.9 Å². The number of hydrogen-bond acceptors (Lipinski definition) is 8. The molecule has 3 aliphatic rings. The van der Waals surface area contributed by atoms with Crippen LogP contribution in [0.4, 0.5) is 19.0 Å². The number of piperidine rings is 2. The number of aromatic nitrogens is 3. The Labute approximate surface area is 281 Å². The second-order valence-corrected chi connectivity index (χ2v) is 15.8. The van der Waals surface area contributed by atoms with E-state index in [1.807, 2.05) is 6.07 Å². The molecule has 0 atom stereocenters. The molecule has 0 unspecified atom stereocenters. The summed E-state index contributed by atoms with van der Waals surface area (Å²) in [6.45, 7) is 7.93. The monoisotopic (exact) mass is 686 g/mol. The maximum absolute atomic E-state index is 12.9. The number of benzene rings is 1. The van der Waals surface area contributed by atoms with Gasteiger partial charge in [-0.25, -0.2) is 22.7 Å². The van der Waals surface area contributed by atoms with E-state index < -0.39 is 22.7 Å². The molecule has 2 aromatic heterocycles. The maximum Gasteiger partial charge on any atom is 0.401 e. The second-order valence-electron chi connectivity index (χ2n) is 13.5. The van der Waals surface area contributed by atoms with Gasteiger partial charge in [0.05, 0.1) is 18.0 Å². The van der Waals surface area contributed by atoms with Gasteiger partial charge in [-0.15, -0.1) is 0 Å². The molecule has 260 valence electrons. The molecule has 3 aromatic rings. The molecule has 3 aliphatic heterocycles. The zero-order valence-electron chi connectivity index (χ0n) is 27.8. The summed E-state index contributed by atoms with van der Waals surface area (Å²) in [7, 11) is -3.14. The minimum Gasteiger partial charge on any atom is -0.367 e. The van der Waals surface area contributed by atoms with Crippen LogP contribution in [0.25, 0.3) is 10.9 Å². The normalized spacial score (nSPS) is 19.4. The molecule has 0 spiro atoms. The van der Waals surface area contributed by atoms with Crippen LogP contribution in [0.5, 0.6) is 0 Å². The number of rotatable bonds is 10. The van der Waals surface area contributed by atoms with Crippen LogP contribution in [-0.2, 0) is 36.1 Å². The summed E-state index contributed by atoms with van der Waals surface area (Å²) >= 11 is 0. The van der Waals surface area contributed by atoms with Gasteiger partial charge < -0.3 is 9.88 Å². The van der Waals surface area contributed by atoms with Crippen molar-refractivity contribution in [2.45, 2.75) is 84.2 Å². The van der Waals surface area contributed by atoms with Gasteiger partial charge in [-0.05, 0) is 81.5 Å². The van der Waals surface area contributed by atoms with Crippen molar-refractivity contribution in [3.8, 4) is 6.07 Å². The molecule has 0 aliphatic carbocycles. The van der Waals surface area contributed by atoms with Crippen LogP contribution in [0.1, 0.15) is 67.1 Å². The van der Waals surface area contributed by atoms with Gasteiger partial charge in [0.2, 0.25) is 10.0 Å². The number of halogens is 3. The fourth-order valence-corrected chi connectivity index (χ4v) is 8.72. The molecule has 48 heavy (non-hydrogen) atoms. The van der Waals surface area contributed by atoms with E-state index in [1.165, 1.54) is 22.4 Å². The molecule has 5 heterocycles. The van der Waals surface area contributed by atoms with Gasteiger partial charge in [0, 0.05) is 74.9 Å². The zero-order valence-corrected chi connectivity index (χ0v) is 28.6. The van der Waals surface area contributed by atoms with Gasteiger partial charge in [0.25, 0.3) is 0 Å². The average Bonchev–Trinajstić information content (AvgIpc) is 3.43. The Hall–Kier alpha value is -3.25. The minimum atomic E-state index is -4.22. The first-order valence-corrected chi connectivity index (χ1v) is 18.7. The van der Waals surface area contributed by atoms with Crippen molar-refractivity contribution < 1.29 is 21.6 Å². The molecule has 2 fully saturated rings. The van der Waals surface area contributed by atoms with Gasteiger partial charge in [-0.2, -0.15) is 18.4 Å². The molecule has 10 nitrogen and oxygen atoms in total. The third-order valence-electron chi connectivity index (χ3n) is 10.5. The summed E-state index contributed by atoms with van der Waals surface area (Å²) < 4.78 is 66.9. The third kappa shape index (κ3) is 7.80. The summed E-state index contributed by atoms with van der Waals surface area (Å²) in [5, 5.41) is 14.6. The fraction of sp³-hybridized carbons (Fsp3) is 0.618. The van der Waals surface area contributed by atoms with E-state index in [2.05, 4.69) is 49.9 Å². The Morgan fingerprint density at radius 3 is 2.48 bits per heavy atom. The van der Waals surface area contributed by atoms with Crippen LogP contribution in [-0.4, -0.2) is 94.3 Å². The molecular weight excluding hydrogens is 641 g/mol. The quantitative estimate of drug-likeness (QED) is 0.315. The number of hydrogen-bond donors (Lipinski definition) is 1. The standard InChI is InChI=1S/C34H45F3N8O2S/c1-3-48(46,47)44-15-6-25(7-16-44)8-17-45-28(19-38)18-30-24(2)26(4-5-32(30)45)20-42-12-9-27(10-13-42)41-33-29-11-14-43(22-34(35,36)37)21-31(29)39-23-40-33/h4-5,18,23,25,27H,3,6-17,20-22H2,1-2H3,(H,39,40,41). The lowest BCUT2D eigenvalue weighted by molar-refractivity contribution is -0.147. The second kappa shape index (κ2) is 14.3. The lowest BCUT2D eigenvalue weighted by atomic mass is 9.94. The highest BCUT2D eigenvalue weighted by Gasteiger charge is 2.33. The number of nitriles is 1. The van der Waals surface area contributed by atoms with Crippen molar-refractivity contribution in [1.29, 1.82) is 5.26 Å². The number of nitrogens with zero attached hydrogens (tertiary/aromatic N) is 7. The van der Waals surface area contributed by atoms with E-state index in [4.69, 9.17) is 0 Å². The Kier molecular flexibility index (Phi) is 10.3. The van der Waals surface area contributed by atoms with Crippen LogP contribution < -0.4 is 5.32 Å². The summed E-state index contributed by atoms with van der Waals surface area (Å²) in [4.78, 5) is 12.6. The van der Waals surface area contributed by atoms with Crippen molar-refractivity contribution in [3.05, 3.63) is 52.6 Å². The van der Waals surface area contributed by atoms with Crippen molar-refractivity contribution in [1.82, 2.24) is 28.6 Å². The third-order valence-corrected chi connectivity index (χ3v) is 12.4. The number of aryl methyl sites for hydroxylation is 2. The molecule has 1 aromatic carbocycles. The van der Waals surface area contributed by atoms with Crippen molar-refractivity contribution in [2.75, 3.05) is 50.3 Å². The zero-order chi connectivity index (χ0) is 34.1. The molecule has 0 bridgehead atoms. The maximum atomic E-state index is 12.9. The molecule has 14 heteroatoms. The highest BCUT2D eigenvalue weighted by Crippen LogP contribution is 2.31. The predicted molar refractivity (Wildman–Crippen MR) is 179 cm³/mol. The summed E-state index contributed by atoms with van der Waals surface area (Å²) in [6.07, 6.45) is 2.19. The number of fused-ring (bicyclic) bond motifs is 2. The summed E-state index contributed by atoms with van der Waals surface area (Å²) in [5.74, 6) is 1.32. The van der Waals surface area contributed by atoms with E-state index in [-0.39, 0.29) is 18.3 Å². The first kappa shape index (κ1) is 34.6. The van der Waals surface area contributed by atoms with Crippen LogP contribution in [0.3, 0.4) is 0 Å². The largest absolute Gasteiger partial charge is 0.401 e. The minimum absolute atomic E-state index is 0.140. The van der Waals surface area contributed by atoms with Gasteiger partial charge in [-0.3, -0.25) is 9.80 Å². The van der Waals surface area contributed by atoms with E-state index >= 15 is 0 Å². The van der Waals surface area contributed by atoms with Gasteiger partial charge >= 0.3 is 6.18 Å². The van der Waals surface area contributed by atoms with E-state index in [0.29, 0.717) is 43.4 Å². The SMILES string of the molecule is CCS(=O)(=O)N1CCC(CCn2c(C#N)cc3c(C)c(CN4CCC(Nc5ncnc6c5CCN(CC(F)(F)F)C6)CC4)ccc32)CC1. The first-order chi connectivity index (χ1) is 22.9. The smallest absolute Gasteiger partial charge is 0.367 e. The Morgan fingerprint density at radius 2 is 1.79 bits per heavy atom. The van der Waals surface area contributed by atoms with Crippen molar-refractivity contribution in [3.63, 3.8) is 0 Å². The summed E-state index contributed by atoms with van der Waals surface area (Å²) in [6, 6.07) is 8.95. The lowest BCUT2D eigenvalue weighted by Crippen LogP contribution is -2.40. The van der Waals surface area contributed by atoms with Crippen molar-refractivity contribution in [2.24, 2.45) is 5.92 Å². The molecule has 0 amide bonds. The van der Waals surface area contributed by atoms with Crippen LogP contribution in [0.15, 0.2) is 24.5 Å². The van der Waals surface area contributed by atoms with Crippen LogP contribution in [0.2, 0.25) is 0 Å². The van der Waals surface area contributed by atoms with Gasteiger partial charge in [-0.1, -0.05) is 6.07 Å². The molecule has 6 rings (SSSR count). The number of anilines is 1.